The zero-order valence-corrected chi connectivity index (χ0v) is 12.0. The van der Waals surface area contributed by atoms with Crippen molar-refractivity contribution < 1.29 is 19.4 Å². The third kappa shape index (κ3) is 2.55. The number of aromatic carboxylic acids is 1. The lowest BCUT2D eigenvalue weighted by atomic mass is 10.2. The van der Waals surface area contributed by atoms with Crippen LogP contribution in [0.15, 0.2) is 48.5 Å². The van der Waals surface area contributed by atoms with E-state index < -0.39 is 5.97 Å². The van der Waals surface area contributed by atoms with E-state index in [-0.39, 0.29) is 4.88 Å². The minimum absolute atomic E-state index is 0.183. The van der Waals surface area contributed by atoms with E-state index in [1.807, 2.05) is 24.3 Å². The molecular formula is C16H12O4S. The van der Waals surface area contributed by atoms with Crippen LogP contribution >= 0.6 is 11.3 Å². The maximum absolute atomic E-state index is 11.4. The van der Waals surface area contributed by atoms with E-state index in [0.29, 0.717) is 17.2 Å². The third-order valence-electron chi connectivity index (χ3n) is 3.01. The van der Waals surface area contributed by atoms with Crippen LogP contribution in [0.4, 0.5) is 0 Å². The van der Waals surface area contributed by atoms with Gasteiger partial charge in [0.25, 0.3) is 0 Å². The van der Waals surface area contributed by atoms with Gasteiger partial charge >= 0.3 is 5.97 Å². The lowest BCUT2D eigenvalue weighted by molar-refractivity contribution is 0.0700. The number of rotatable bonds is 4. The van der Waals surface area contributed by atoms with Gasteiger partial charge in [-0.25, -0.2) is 4.79 Å². The van der Waals surface area contributed by atoms with E-state index in [4.69, 9.17) is 9.47 Å². The lowest BCUT2D eigenvalue weighted by Gasteiger charge is -2.06. The normalized spacial score (nSPS) is 10.5. The van der Waals surface area contributed by atoms with Crippen molar-refractivity contribution >= 4 is 27.4 Å². The van der Waals surface area contributed by atoms with Gasteiger partial charge in [-0.1, -0.05) is 18.2 Å². The summed E-state index contributed by atoms with van der Waals surface area (Å²) in [6.45, 7) is 0. The quantitative estimate of drug-likeness (QED) is 0.776. The Morgan fingerprint density at radius 1 is 1.10 bits per heavy atom. The molecule has 0 radical (unpaired) electrons. The zero-order valence-electron chi connectivity index (χ0n) is 11.2. The van der Waals surface area contributed by atoms with E-state index in [1.165, 1.54) is 11.3 Å². The molecule has 0 unspecified atom stereocenters. The van der Waals surface area contributed by atoms with Crippen LogP contribution in [0.2, 0.25) is 0 Å². The third-order valence-corrected chi connectivity index (χ3v) is 4.15. The molecule has 1 N–H and O–H groups in total. The second-order valence-corrected chi connectivity index (χ2v) is 5.39. The van der Waals surface area contributed by atoms with Gasteiger partial charge in [-0.15, -0.1) is 11.3 Å². The Labute approximate surface area is 125 Å². The van der Waals surface area contributed by atoms with Crippen LogP contribution in [0.1, 0.15) is 9.67 Å². The van der Waals surface area contributed by atoms with Crippen molar-refractivity contribution in [1.29, 1.82) is 0 Å². The zero-order chi connectivity index (χ0) is 14.8. The van der Waals surface area contributed by atoms with Gasteiger partial charge in [0, 0.05) is 10.1 Å². The van der Waals surface area contributed by atoms with E-state index >= 15 is 0 Å². The summed E-state index contributed by atoms with van der Waals surface area (Å²) in [4.78, 5) is 11.6. The van der Waals surface area contributed by atoms with Gasteiger partial charge in [0.2, 0.25) is 0 Å². The molecule has 3 aromatic rings. The standard InChI is InChI=1S/C16H12O4S/c1-19-11-7-8-13-12(9-11)14(15(21-13)16(17)18)20-10-5-3-2-4-6-10/h2-9H,1H3,(H,17,18). The van der Waals surface area contributed by atoms with E-state index in [1.54, 1.807) is 31.4 Å². The highest BCUT2D eigenvalue weighted by molar-refractivity contribution is 7.21. The molecule has 0 spiro atoms. The van der Waals surface area contributed by atoms with Crippen LogP contribution in [-0.2, 0) is 0 Å². The van der Waals surface area contributed by atoms with Crippen LogP contribution < -0.4 is 9.47 Å². The van der Waals surface area contributed by atoms with Gasteiger partial charge in [-0.2, -0.15) is 0 Å². The number of carbonyl (C=O) groups is 1. The van der Waals surface area contributed by atoms with Gasteiger partial charge in [0.05, 0.1) is 7.11 Å². The average molecular weight is 300 g/mol. The molecule has 0 bridgehead atoms. The summed E-state index contributed by atoms with van der Waals surface area (Å²) in [5, 5.41) is 10.1. The summed E-state index contributed by atoms with van der Waals surface area (Å²) < 4.78 is 11.8. The molecule has 1 aromatic heterocycles. The van der Waals surface area contributed by atoms with Gasteiger partial charge in [0.1, 0.15) is 11.5 Å². The summed E-state index contributed by atoms with van der Waals surface area (Å²) in [5.41, 5.74) is 0. The van der Waals surface area contributed by atoms with Crippen molar-refractivity contribution in [2.75, 3.05) is 7.11 Å². The minimum Gasteiger partial charge on any atom is -0.497 e. The van der Waals surface area contributed by atoms with Crippen molar-refractivity contribution in [2.45, 2.75) is 0 Å². The van der Waals surface area contributed by atoms with Crippen molar-refractivity contribution in [2.24, 2.45) is 0 Å². The van der Waals surface area contributed by atoms with Crippen LogP contribution in [0.5, 0.6) is 17.2 Å². The maximum atomic E-state index is 11.4. The Morgan fingerprint density at radius 2 is 1.86 bits per heavy atom. The maximum Gasteiger partial charge on any atom is 0.349 e. The van der Waals surface area contributed by atoms with Gasteiger partial charge in [-0.3, -0.25) is 0 Å². The van der Waals surface area contributed by atoms with Crippen molar-refractivity contribution in [1.82, 2.24) is 0 Å². The first kappa shape index (κ1) is 13.5. The fraction of sp³-hybridized carbons (Fsp3) is 0.0625. The van der Waals surface area contributed by atoms with Crippen molar-refractivity contribution in [3.05, 3.63) is 53.4 Å². The van der Waals surface area contributed by atoms with E-state index in [9.17, 15) is 9.90 Å². The predicted octanol–water partition coefficient (Wildman–Crippen LogP) is 4.40. The number of methoxy groups -OCH3 is 1. The first-order valence-electron chi connectivity index (χ1n) is 6.26. The van der Waals surface area contributed by atoms with E-state index in [0.717, 1.165) is 10.1 Å². The number of hydrogen-bond donors (Lipinski definition) is 1. The summed E-state index contributed by atoms with van der Waals surface area (Å²) in [7, 11) is 1.57. The molecule has 21 heavy (non-hydrogen) atoms. The molecule has 0 aliphatic carbocycles. The van der Waals surface area contributed by atoms with Gasteiger partial charge in [-0.05, 0) is 30.3 Å². The molecule has 3 rings (SSSR count). The summed E-state index contributed by atoms with van der Waals surface area (Å²) in [6.07, 6.45) is 0. The van der Waals surface area contributed by atoms with Crippen LogP contribution in [-0.4, -0.2) is 18.2 Å². The van der Waals surface area contributed by atoms with Crippen LogP contribution in [0.25, 0.3) is 10.1 Å². The molecule has 1 heterocycles. The molecule has 106 valence electrons. The number of carboxylic acids is 1. The summed E-state index contributed by atoms with van der Waals surface area (Å²) in [6, 6.07) is 14.6. The molecule has 0 atom stereocenters. The monoisotopic (exact) mass is 300 g/mol. The second-order valence-electron chi connectivity index (χ2n) is 4.34. The van der Waals surface area contributed by atoms with Crippen LogP contribution in [0, 0.1) is 0 Å². The molecule has 4 nitrogen and oxygen atoms in total. The Kier molecular flexibility index (Phi) is 3.50. The highest BCUT2D eigenvalue weighted by Crippen LogP contribution is 2.41. The lowest BCUT2D eigenvalue weighted by Crippen LogP contribution is -1.95. The Morgan fingerprint density at radius 3 is 2.52 bits per heavy atom. The summed E-state index contributed by atoms with van der Waals surface area (Å²) >= 11 is 1.19. The Balaban J connectivity index is 2.17. The van der Waals surface area contributed by atoms with Gasteiger partial charge < -0.3 is 14.6 Å². The molecule has 0 aliphatic heterocycles. The molecule has 0 fully saturated rings. The SMILES string of the molecule is COc1ccc2sc(C(=O)O)c(Oc3ccccc3)c2c1. The molecule has 0 amide bonds. The fourth-order valence-electron chi connectivity index (χ4n) is 2.03. The average Bonchev–Trinajstić information content (AvgIpc) is 2.86. The Hall–Kier alpha value is -2.53. The largest absolute Gasteiger partial charge is 0.497 e. The number of carboxylic acid groups (broad SMARTS) is 1. The number of ether oxygens (including phenoxy) is 2. The molecule has 0 aliphatic rings. The minimum atomic E-state index is -0.999. The number of para-hydroxylation sites is 1. The number of thiophene rings is 1. The number of fused-ring (bicyclic) bond motifs is 1. The fourth-order valence-corrected chi connectivity index (χ4v) is 2.98. The predicted molar refractivity (Wildman–Crippen MR) is 81.9 cm³/mol. The number of benzene rings is 2. The highest BCUT2D eigenvalue weighted by Gasteiger charge is 2.20. The molecule has 0 saturated carbocycles. The van der Waals surface area contributed by atoms with Gasteiger partial charge in [0.15, 0.2) is 10.6 Å². The summed E-state index contributed by atoms with van der Waals surface area (Å²) in [5.74, 6) is 0.617. The van der Waals surface area contributed by atoms with Crippen molar-refractivity contribution in [3.63, 3.8) is 0 Å². The molecule has 2 aromatic carbocycles. The smallest absolute Gasteiger partial charge is 0.349 e. The number of hydrogen-bond acceptors (Lipinski definition) is 4. The van der Waals surface area contributed by atoms with Crippen LogP contribution in [0.3, 0.4) is 0 Å². The molecular weight excluding hydrogens is 288 g/mol. The second kappa shape index (κ2) is 5.46. The van der Waals surface area contributed by atoms with E-state index in [2.05, 4.69) is 0 Å². The molecule has 0 saturated heterocycles. The first-order chi connectivity index (χ1) is 10.2. The Bertz CT molecular complexity index is 793. The highest BCUT2D eigenvalue weighted by atomic mass is 32.1. The first-order valence-corrected chi connectivity index (χ1v) is 7.07. The topological polar surface area (TPSA) is 55.8 Å². The molecule has 5 heteroatoms. The van der Waals surface area contributed by atoms with Crippen molar-refractivity contribution in [3.8, 4) is 17.2 Å².